The van der Waals surface area contributed by atoms with Crippen LogP contribution in [0.3, 0.4) is 0 Å². The molecule has 0 unspecified atom stereocenters. The molecule has 1 aliphatic rings. The summed E-state index contributed by atoms with van der Waals surface area (Å²) in [4.78, 5) is 11.2. The number of rotatable bonds is 2. The number of piperidine rings is 1. The molecule has 0 bridgehead atoms. The average molecular weight is 198 g/mol. The van der Waals surface area contributed by atoms with Crippen molar-refractivity contribution in [3.05, 3.63) is 16.8 Å². The van der Waals surface area contributed by atoms with E-state index in [-0.39, 0.29) is 5.69 Å². The highest BCUT2D eigenvalue weighted by Crippen LogP contribution is 2.19. The molecule has 78 valence electrons. The Bertz CT molecular complexity index is 350. The molecule has 2 heterocycles. The maximum absolute atomic E-state index is 11.2. The quantitative estimate of drug-likeness (QED) is 0.551. The van der Waals surface area contributed by atoms with Gasteiger partial charge in [-0.25, -0.2) is 9.89 Å². The predicted molar refractivity (Wildman–Crippen MR) is 49.9 cm³/mol. The molecule has 1 aromatic heterocycles. The molecule has 1 fully saturated rings. The van der Waals surface area contributed by atoms with Gasteiger partial charge >= 0.3 is 5.69 Å². The average Bonchev–Trinajstić information content (AvgIpc) is 2.52. The first-order chi connectivity index (χ1) is 6.70. The standard InChI is InChI=1S/C8H14N4O2/c13-7-11-10-6-12(7)5-8(14)1-3-9-4-2-8/h6,9,14H,1-5H2,(H,11,13). The zero-order valence-corrected chi connectivity index (χ0v) is 7.86. The van der Waals surface area contributed by atoms with Gasteiger partial charge in [-0.15, -0.1) is 0 Å². The second-order valence-corrected chi connectivity index (χ2v) is 3.76. The van der Waals surface area contributed by atoms with E-state index in [2.05, 4.69) is 15.5 Å². The summed E-state index contributed by atoms with van der Waals surface area (Å²) in [6.07, 6.45) is 2.76. The van der Waals surface area contributed by atoms with Crippen molar-refractivity contribution in [2.45, 2.75) is 25.0 Å². The second-order valence-electron chi connectivity index (χ2n) is 3.76. The Morgan fingerprint density at radius 1 is 1.57 bits per heavy atom. The fourth-order valence-electron chi connectivity index (χ4n) is 1.75. The number of aromatic amines is 1. The Hall–Kier alpha value is -1.14. The van der Waals surface area contributed by atoms with Crippen molar-refractivity contribution in [3.63, 3.8) is 0 Å². The minimum atomic E-state index is -0.765. The normalized spacial score (nSPS) is 20.9. The van der Waals surface area contributed by atoms with Gasteiger partial charge < -0.3 is 10.4 Å². The summed E-state index contributed by atoms with van der Waals surface area (Å²) in [5, 5.41) is 19.2. The van der Waals surface area contributed by atoms with Crippen LogP contribution in [0.5, 0.6) is 0 Å². The Morgan fingerprint density at radius 2 is 2.29 bits per heavy atom. The molecule has 3 N–H and O–H groups in total. The van der Waals surface area contributed by atoms with Crippen LogP contribution in [0.25, 0.3) is 0 Å². The van der Waals surface area contributed by atoms with E-state index in [1.807, 2.05) is 0 Å². The number of hydrogen-bond donors (Lipinski definition) is 3. The van der Waals surface area contributed by atoms with E-state index < -0.39 is 5.60 Å². The van der Waals surface area contributed by atoms with E-state index in [0.717, 1.165) is 13.1 Å². The molecule has 0 amide bonds. The van der Waals surface area contributed by atoms with Crippen LogP contribution in [-0.2, 0) is 6.54 Å². The van der Waals surface area contributed by atoms with Gasteiger partial charge in [0.05, 0.1) is 12.1 Å². The fraction of sp³-hybridized carbons (Fsp3) is 0.750. The molecule has 14 heavy (non-hydrogen) atoms. The lowest BCUT2D eigenvalue weighted by Gasteiger charge is -2.32. The topological polar surface area (TPSA) is 82.9 Å². The third-order valence-corrected chi connectivity index (χ3v) is 2.62. The molecular weight excluding hydrogens is 184 g/mol. The molecule has 0 radical (unpaired) electrons. The summed E-state index contributed by atoms with van der Waals surface area (Å²) in [6, 6.07) is 0. The van der Waals surface area contributed by atoms with Gasteiger partial charge in [0.25, 0.3) is 0 Å². The molecule has 0 aliphatic carbocycles. The molecule has 1 saturated heterocycles. The van der Waals surface area contributed by atoms with Gasteiger partial charge in [-0.3, -0.25) is 4.57 Å². The van der Waals surface area contributed by atoms with Crippen LogP contribution >= 0.6 is 0 Å². The van der Waals surface area contributed by atoms with Crippen LogP contribution in [-0.4, -0.2) is 38.6 Å². The third-order valence-electron chi connectivity index (χ3n) is 2.62. The first-order valence-corrected chi connectivity index (χ1v) is 4.73. The van der Waals surface area contributed by atoms with Crippen molar-refractivity contribution < 1.29 is 5.11 Å². The fourth-order valence-corrected chi connectivity index (χ4v) is 1.75. The maximum atomic E-state index is 11.2. The van der Waals surface area contributed by atoms with Crippen LogP contribution < -0.4 is 11.0 Å². The van der Waals surface area contributed by atoms with Crippen LogP contribution in [0.4, 0.5) is 0 Å². The van der Waals surface area contributed by atoms with Crippen LogP contribution in [0.2, 0.25) is 0 Å². The minimum absolute atomic E-state index is 0.267. The van der Waals surface area contributed by atoms with Crippen molar-refractivity contribution in [1.29, 1.82) is 0 Å². The van der Waals surface area contributed by atoms with E-state index in [1.165, 1.54) is 10.9 Å². The molecule has 0 saturated carbocycles. The lowest BCUT2D eigenvalue weighted by Crippen LogP contribution is -2.46. The summed E-state index contributed by atoms with van der Waals surface area (Å²) in [7, 11) is 0. The van der Waals surface area contributed by atoms with E-state index >= 15 is 0 Å². The third kappa shape index (κ3) is 1.85. The molecule has 2 rings (SSSR count). The van der Waals surface area contributed by atoms with Crippen molar-refractivity contribution in [3.8, 4) is 0 Å². The van der Waals surface area contributed by atoms with Gasteiger partial charge in [0.15, 0.2) is 0 Å². The summed E-state index contributed by atoms with van der Waals surface area (Å²) < 4.78 is 1.41. The number of hydrogen-bond acceptors (Lipinski definition) is 4. The summed E-state index contributed by atoms with van der Waals surface area (Å²) >= 11 is 0. The Labute approximate surface area is 80.9 Å². The number of aromatic nitrogens is 3. The highest BCUT2D eigenvalue weighted by atomic mass is 16.3. The Kier molecular flexibility index (Phi) is 2.39. The monoisotopic (exact) mass is 198 g/mol. The number of nitrogens with one attached hydrogen (secondary N) is 2. The smallest absolute Gasteiger partial charge is 0.343 e. The number of H-pyrrole nitrogens is 1. The lowest BCUT2D eigenvalue weighted by molar-refractivity contribution is -0.00615. The summed E-state index contributed by atoms with van der Waals surface area (Å²) in [5.41, 5.74) is -1.03. The zero-order valence-electron chi connectivity index (χ0n) is 7.86. The second kappa shape index (κ2) is 3.55. The SMILES string of the molecule is O=c1[nH]ncn1CC1(O)CCNCC1. The summed E-state index contributed by atoms with van der Waals surface area (Å²) in [5.74, 6) is 0. The van der Waals surface area contributed by atoms with Gasteiger partial charge in [-0.05, 0) is 25.9 Å². The molecular formula is C8H14N4O2. The van der Waals surface area contributed by atoms with E-state index in [4.69, 9.17) is 0 Å². The largest absolute Gasteiger partial charge is 0.388 e. The molecule has 0 spiro atoms. The van der Waals surface area contributed by atoms with E-state index in [9.17, 15) is 9.90 Å². The lowest BCUT2D eigenvalue weighted by atomic mass is 9.92. The Morgan fingerprint density at radius 3 is 2.86 bits per heavy atom. The molecule has 0 aromatic carbocycles. The van der Waals surface area contributed by atoms with Crippen molar-refractivity contribution in [2.24, 2.45) is 0 Å². The first kappa shape index (κ1) is 9.42. The van der Waals surface area contributed by atoms with Gasteiger partial charge in [0.1, 0.15) is 6.33 Å². The molecule has 6 heteroatoms. The molecule has 0 atom stereocenters. The van der Waals surface area contributed by atoms with E-state index in [1.54, 1.807) is 0 Å². The van der Waals surface area contributed by atoms with Crippen LogP contribution in [0, 0.1) is 0 Å². The van der Waals surface area contributed by atoms with Gasteiger partial charge in [-0.1, -0.05) is 0 Å². The highest BCUT2D eigenvalue weighted by molar-refractivity contribution is 4.85. The Balaban J connectivity index is 2.09. The van der Waals surface area contributed by atoms with Crippen LogP contribution in [0.1, 0.15) is 12.8 Å². The van der Waals surface area contributed by atoms with Crippen molar-refractivity contribution in [2.75, 3.05) is 13.1 Å². The number of nitrogens with zero attached hydrogens (tertiary/aromatic N) is 2. The predicted octanol–water partition coefficient (Wildman–Crippen LogP) is -1.31. The molecule has 1 aliphatic heterocycles. The van der Waals surface area contributed by atoms with Gasteiger partial charge in [-0.2, -0.15) is 5.10 Å². The van der Waals surface area contributed by atoms with Crippen molar-refractivity contribution >= 4 is 0 Å². The summed E-state index contributed by atoms with van der Waals surface area (Å²) in [6.45, 7) is 1.91. The van der Waals surface area contributed by atoms with Gasteiger partial charge in [0.2, 0.25) is 0 Å². The molecule has 1 aromatic rings. The van der Waals surface area contributed by atoms with Gasteiger partial charge in [0, 0.05) is 0 Å². The zero-order chi connectivity index (χ0) is 10.0. The van der Waals surface area contributed by atoms with Crippen molar-refractivity contribution in [1.82, 2.24) is 20.1 Å². The minimum Gasteiger partial charge on any atom is -0.388 e. The maximum Gasteiger partial charge on any atom is 0.343 e. The van der Waals surface area contributed by atoms with Crippen LogP contribution in [0.15, 0.2) is 11.1 Å². The van der Waals surface area contributed by atoms with E-state index in [0.29, 0.717) is 19.4 Å². The highest BCUT2D eigenvalue weighted by Gasteiger charge is 2.29. The molecule has 6 nitrogen and oxygen atoms in total. The first-order valence-electron chi connectivity index (χ1n) is 4.73. The number of aliphatic hydroxyl groups is 1.